The first-order valence-corrected chi connectivity index (χ1v) is 12.6. The lowest BCUT2D eigenvalue weighted by Crippen LogP contribution is -2.31. The highest BCUT2D eigenvalue weighted by Gasteiger charge is 2.36. The number of rotatable bonds is 11. The van der Waals surface area contributed by atoms with Crippen LogP contribution >= 0.6 is 0 Å². The Labute approximate surface area is 215 Å². The van der Waals surface area contributed by atoms with E-state index in [9.17, 15) is 5.11 Å². The van der Waals surface area contributed by atoms with E-state index in [1.54, 1.807) is 0 Å². The molecule has 0 saturated heterocycles. The van der Waals surface area contributed by atoms with Gasteiger partial charge in [-0.25, -0.2) is 0 Å². The molecular formula is C31H36N4O. The van der Waals surface area contributed by atoms with Crippen molar-refractivity contribution in [3.05, 3.63) is 94.5 Å². The number of hydrogen-bond donors (Lipinski definition) is 1. The van der Waals surface area contributed by atoms with Gasteiger partial charge in [-0.15, -0.1) is 0 Å². The van der Waals surface area contributed by atoms with Crippen LogP contribution in [0.1, 0.15) is 54.5 Å². The van der Waals surface area contributed by atoms with Crippen LogP contribution < -0.4 is 9.80 Å². The number of anilines is 2. The van der Waals surface area contributed by atoms with Crippen LogP contribution in [0, 0.1) is 36.5 Å². The first kappa shape index (κ1) is 26.8. The highest BCUT2D eigenvalue weighted by molar-refractivity contribution is 5.60. The molecule has 0 aliphatic carbocycles. The second kappa shape index (κ2) is 12.2. The molecule has 0 heterocycles. The van der Waals surface area contributed by atoms with Gasteiger partial charge in [-0.2, -0.15) is 10.5 Å². The van der Waals surface area contributed by atoms with Crippen molar-refractivity contribution in [3.8, 4) is 12.1 Å². The van der Waals surface area contributed by atoms with Gasteiger partial charge in [0.2, 0.25) is 0 Å². The van der Waals surface area contributed by atoms with Crippen LogP contribution in [-0.2, 0) is 5.60 Å². The summed E-state index contributed by atoms with van der Waals surface area (Å²) in [7, 11) is 0. The van der Waals surface area contributed by atoms with E-state index in [0.29, 0.717) is 25.9 Å². The quantitative estimate of drug-likeness (QED) is 0.337. The second-order valence-corrected chi connectivity index (χ2v) is 9.05. The van der Waals surface area contributed by atoms with Gasteiger partial charge in [-0.3, -0.25) is 0 Å². The molecule has 3 aromatic carbocycles. The maximum absolute atomic E-state index is 12.5. The van der Waals surface area contributed by atoms with Gasteiger partial charge in [0.25, 0.3) is 0 Å². The summed E-state index contributed by atoms with van der Waals surface area (Å²) in [6.45, 7) is 11.2. The van der Waals surface area contributed by atoms with E-state index >= 15 is 0 Å². The lowest BCUT2D eigenvalue weighted by atomic mass is 9.76. The van der Waals surface area contributed by atoms with Gasteiger partial charge in [0, 0.05) is 37.6 Å². The minimum atomic E-state index is -1.33. The first-order valence-electron chi connectivity index (χ1n) is 12.6. The molecule has 5 heteroatoms. The number of aliphatic hydroxyl groups is 1. The third kappa shape index (κ3) is 5.54. The summed E-state index contributed by atoms with van der Waals surface area (Å²) in [5.41, 5.74) is 5.22. The summed E-state index contributed by atoms with van der Waals surface area (Å²) in [4.78, 5) is 4.37. The zero-order valence-electron chi connectivity index (χ0n) is 21.8. The molecule has 0 spiro atoms. The Bertz CT molecular complexity index is 1160. The van der Waals surface area contributed by atoms with Crippen molar-refractivity contribution in [1.29, 1.82) is 10.5 Å². The molecule has 0 aromatic heterocycles. The first-order chi connectivity index (χ1) is 17.4. The van der Waals surface area contributed by atoms with Crippen molar-refractivity contribution in [3.63, 3.8) is 0 Å². The molecule has 3 aromatic rings. The van der Waals surface area contributed by atoms with Crippen LogP contribution in [0.25, 0.3) is 0 Å². The normalized spacial score (nSPS) is 11.0. The maximum Gasteiger partial charge on any atom is 0.141 e. The zero-order chi connectivity index (χ0) is 26.1. The molecule has 1 N–H and O–H groups in total. The molecule has 0 aliphatic heterocycles. The Morgan fingerprint density at radius 2 is 1.17 bits per heavy atom. The summed E-state index contributed by atoms with van der Waals surface area (Å²) in [6, 6.07) is 26.6. The smallest absolute Gasteiger partial charge is 0.141 e. The summed E-state index contributed by atoms with van der Waals surface area (Å²) >= 11 is 0. The number of nitriles is 2. The fourth-order valence-corrected chi connectivity index (χ4v) is 4.95. The Balaban J connectivity index is 2.13. The molecule has 186 valence electrons. The van der Waals surface area contributed by atoms with E-state index in [1.807, 2.05) is 68.4 Å². The predicted molar refractivity (Wildman–Crippen MR) is 147 cm³/mol. The molecule has 3 rings (SSSR count). The van der Waals surface area contributed by atoms with Gasteiger partial charge >= 0.3 is 0 Å². The van der Waals surface area contributed by atoms with E-state index in [2.05, 4.69) is 47.9 Å². The predicted octanol–water partition coefficient (Wildman–Crippen LogP) is 6.07. The fourth-order valence-electron chi connectivity index (χ4n) is 4.95. The molecular weight excluding hydrogens is 444 g/mol. The Morgan fingerprint density at radius 1 is 0.722 bits per heavy atom. The lowest BCUT2D eigenvalue weighted by Gasteiger charge is -2.34. The van der Waals surface area contributed by atoms with Gasteiger partial charge in [0.1, 0.15) is 5.60 Å². The van der Waals surface area contributed by atoms with Crippen molar-refractivity contribution in [2.24, 2.45) is 0 Å². The second-order valence-electron chi connectivity index (χ2n) is 9.05. The van der Waals surface area contributed by atoms with Crippen LogP contribution in [0.15, 0.2) is 66.7 Å². The van der Waals surface area contributed by atoms with Gasteiger partial charge in [-0.1, -0.05) is 42.5 Å². The van der Waals surface area contributed by atoms with Crippen LogP contribution in [0.5, 0.6) is 0 Å². The maximum atomic E-state index is 12.5. The summed E-state index contributed by atoms with van der Waals surface area (Å²) in [5.74, 6) is 0. The Kier molecular flexibility index (Phi) is 9.12. The zero-order valence-corrected chi connectivity index (χ0v) is 21.8. The minimum Gasteiger partial charge on any atom is -0.376 e. The van der Waals surface area contributed by atoms with E-state index < -0.39 is 5.60 Å². The fraction of sp³-hybridized carbons (Fsp3) is 0.355. The van der Waals surface area contributed by atoms with E-state index in [-0.39, 0.29) is 0 Å². The highest BCUT2D eigenvalue weighted by Crippen LogP contribution is 2.41. The van der Waals surface area contributed by atoms with Crippen LogP contribution in [0.4, 0.5) is 11.4 Å². The van der Waals surface area contributed by atoms with Crippen LogP contribution in [0.2, 0.25) is 0 Å². The van der Waals surface area contributed by atoms with Gasteiger partial charge in [0.05, 0.1) is 25.0 Å². The topological polar surface area (TPSA) is 74.3 Å². The SMILES string of the molecule is CCN(CCC#N)c1ccc(C(O)(c2ccccc2)c2ccc(N(CC)CCC#N)cc2C)c(C)c1. The molecule has 0 fully saturated rings. The molecule has 0 radical (unpaired) electrons. The molecule has 0 amide bonds. The standard InChI is InChI=1S/C31H36N4O/c1-5-34(20-10-18-32)27-14-16-29(24(3)22-27)31(36,26-12-8-7-9-13-26)30-17-15-28(23-25(30)4)35(6-2)21-11-19-33/h7-9,12-17,22-23,36H,5-6,10-11,20-21H2,1-4H3. The molecule has 0 unspecified atom stereocenters. The van der Waals surface area contributed by atoms with Gasteiger partial charge < -0.3 is 14.9 Å². The Morgan fingerprint density at radius 3 is 1.53 bits per heavy atom. The van der Waals surface area contributed by atoms with Crippen molar-refractivity contribution < 1.29 is 5.11 Å². The van der Waals surface area contributed by atoms with Crippen LogP contribution in [0.3, 0.4) is 0 Å². The van der Waals surface area contributed by atoms with E-state index in [0.717, 1.165) is 52.3 Å². The molecule has 0 aliphatic rings. The average molecular weight is 481 g/mol. The average Bonchev–Trinajstić information content (AvgIpc) is 2.90. The third-order valence-electron chi connectivity index (χ3n) is 6.87. The Hall–Kier alpha value is -3.80. The van der Waals surface area contributed by atoms with Crippen LogP contribution in [-0.4, -0.2) is 31.3 Å². The molecule has 0 saturated carbocycles. The summed E-state index contributed by atoms with van der Waals surface area (Å²) in [6.07, 6.45) is 0.939. The monoisotopic (exact) mass is 480 g/mol. The van der Waals surface area contributed by atoms with E-state index in [4.69, 9.17) is 10.5 Å². The number of aryl methyl sites for hydroxylation is 2. The van der Waals surface area contributed by atoms with Gasteiger partial charge in [0.15, 0.2) is 0 Å². The highest BCUT2D eigenvalue weighted by atomic mass is 16.3. The van der Waals surface area contributed by atoms with Crippen molar-refractivity contribution >= 4 is 11.4 Å². The lowest BCUT2D eigenvalue weighted by molar-refractivity contribution is 0.124. The third-order valence-corrected chi connectivity index (χ3v) is 6.87. The molecule has 0 atom stereocenters. The minimum absolute atomic E-state index is 0.470. The van der Waals surface area contributed by atoms with Crippen molar-refractivity contribution in [2.45, 2.75) is 46.1 Å². The number of nitrogens with zero attached hydrogens (tertiary/aromatic N) is 4. The molecule has 0 bridgehead atoms. The molecule has 36 heavy (non-hydrogen) atoms. The summed E-state index contributed by atoms with van der Waals surface area (Å²) in [5, 5.41) is 30.6. The molecule has 5 nitrogen and oxygen atoms in total. The largest absolute Gasteiger partial charge is 0.376 e. The number of benzene rings is 3. The van der Waals surface area contributed by atoms with Crippen molar-refractivity contribution in [2.75, 3.05) is 36.0 Å². The van der Waals surface area contributed by atoms with E-state index in [1.165, 1.54) is 0 Å². The number of hydrogen-bond acceptors (Lipinski definition) is 5. The summed E-state index contributed by atoms with van der Waals surface area (Å²) < 4.78 is 0. The van der Waals surface area contributed by atoms with Gasteiger partial charge in [-0.05, 0) is 79.8 Å². The van der Waals surface area contributed by atoms with Crippen molar-refractivity contribution in [1.82, 2.24) is 0 Å².